The van der Waals surface area contributed by atoms with Gasteiger partial charge in [-0.3, -0.25) is 0 Å². The molecule has 0 unspecified atom stereocenters. The summed E-state index contributed by atoms with van der Waals surface area (Å²) < 4.78 is 5.08. The van der Waals surface area contributed by atoms with Crippen LogP contribution in [0.1, 0.15) is 0 Å². The van der Waals surface area contributed by atoms with Gasteiger partial charge >= 0.3 is 0 Å². The first-order valence-corrected chi connectivity index (χ1v) is 19.6. The lowest BCUT2D eigenvalue weighted by molar-refractivity contribution is 1.07. The van der Waals surface area contributed by atoms with E-state index < -0.39 is 0 Å². The Bertz CT molecular complexity index is 3110. The van der Waals surface area contributed by atoms with Crippen molar-refractivity contribution in [3.63, 3.8) is 0 Å². The van der Waals surface area contributed by atoms with Crippen molar-refractivity contribution in [2.75, 3.05) is 0 Å². The second kappa shape index (κ2) is 13.3. The molecule has 0 aliphatic heterocycles. The Hall–Kier alpha value is -7.21. The van der Waals surface area contributed by atoms with Gasteiger partial charge in [0.25, 0.3) is 0 Å². The molecule has 0 N–H and O–H groups in total. The van der Waals surface area contributed by atoms with Gasteiger partial charge in [-0.25, -0.2) is 15.0 Å². The first-order valence-electron chi connectivity index (χ1n) is 18.8. The van der Waals surface area contributed by atoms with E-state index in [1.54, 1.807) is 0 Å². The standard InChI is InChI=1S/C51H32N4S/c1-5-17-33(18-6-1)40-31-37(51-53-49(35-21-9-3-10-22-35)52-50(54-51)36-23-11-4-12-24-36)32-41(34-19-7-2-8-20-34)48(40)55-42-27-15-13-25-38(42)46-43(55)29-30-45-47(46)39-26-14-16-28-44(39)56-45/h1-32H. The summed E-state index contributed by atoms with van der Waals surface area (Å²) in [7, 11) is 0. The van der Waals surface area contributed by atoms with E-state index in [9.17, 15) is 0 Å². The molecule has 0 saturated heterocycles. The molecule has 0 radical (unpaired) electrons. The molecule has 56 heavy (non-hydrogen) atoms. The fourth-order valence-corrected chi connectivity index (χ4v) is 9.25. The summed E-state index contributed by atoms with van der Waals surface area (Å²) in [6.07, 6.45) is 0. The van der Waals surface area contributed by atoms with Gasteiger partial charge in [0, 0.05) is 58.8 Å². The highest BCUT2D eigenvalue weighted by molar-refractivity contribution is 7.26. The van der Waals surface area contributed by atoms with Crippen LogP contribution in [0.15, 0.2) is 194 Å². The molecular weight excluding hydrogens is 701 g/mol. The molecular formula is C51H32N4S. The van der Waals surface area contributed by atoms with Crippen LogP contribution in [-0.4, -0.2) is 19.5 Å². The van der Waals surface area contributed by atoms with Crippen molar-refractivity contribution in [1.29, 1.82) is 0 Å². The quantitative estimate of drug-likeness (QED) is 0.171. The topological polar surface area (TPSA) is 43.6 Å². The molecule has 0 bridgehead atoms. The molecule has 3 aromatic heterocycles. The van der Waals surface area contributed by atoms with E-state index in [-0.39, 0.29) is 0 Å². The van der Waals surface area contributed by atoms with E-state index in [4.69, 9.17) is 15.0 Å². The fraction of sp³-hybridized carbons (Fsp3) is 0. The normalized spacial score (nSPS) is 11.6. The lowest BCUT2D eigenvalue weighted by Gasteiger charge is -2.21. The Morgan fingerprint density at radius 2 is 0.804 bits per heavy atom. The number of hydrogen-bond donors (Lipinski definition) is 0. The average molecular weight is 733 g/mol. The number of hydrogen-bond acceptors (Lipinski definition) is 4. The van der Waals surface area contributed by atoms with Gasteiger partial charge in [-0.15, -0.1) is 11.3 Å². The first-order chi connectivity index (χ1) is 27.8. The van der Waals surface area contributed by atoms with Gasteiger partial charge in [-0.2, -0.15) is 0 Å². The first kappa shape index (κ1) is 32.2. The van der Waals surface area contributed by atoms with Crippen LogP contribution < -0.4 is 0 Å². The number of rotatable bonds is 6. The molecule has 0 amide bonds. The number of thiophene rings is 1. The van der Waals surface area contributed by atoms with Crippen molar-refractivity contribution in [1.82, 2.24) is 19.5 Å². The summed E-state index contributed by atoms with van der Waals surface area (Å²) in [6.45, 7) is 0. The summed E-state index contributed by atoms with van der Waals surface area (Å²) in [5.74, 6) is 1.89. The predicted octanol–water partition coefficient (Wildman–Crippen LogP) is 13.7. The smallest absolute Gasteiger partial charge is 0.164 e. The summed E-state index contributed by atoms with van der Waals surface area (Å²) in [4.78, 5) is 15.4. The van der Waals surface area contributed by atoms with Crippen molar-refractivity contribution in [2.24, 2.45) is 0 Å². The maximum Gasteiger partial charge on any atom is 0.164 e. The van der Waals surface area contributed by atoms with Crippen molar-refractivity contribution >= 4 is 53.3 Å². The Balaban J connectivity index is 1.27. The van der Waals surface area contributed by atoms with E-state index in [2.05, 4.69) is 162 Å². The molecule has 0 aliphatic rings. The predicted molar refractivity (Wildman–Crippen MR) is 234 cm³/mol. The van der Waals surface area contributed by atoms with Crippen molar-refractivity contribution in [2.45, 2.75) is 0 Å². The highest BCUT2D eigenvalue weighted by Crippen LogP contribution is 2.47. The molecule has 0 spiro atoms. The monoisotopic (exact) mass is 732 g/mol. The fourth-order valence-electron chi connectivity index (χ4n) is 8.13. The number of para-hydroxylation sites is 1. The molecule has 262 valence electrons. The Morgan fingerprint density at radius 3 is 1.38 bits per heavy atom. The largest absolute Gasteiger partial charge is 0.308 e. The Morgan fingerprint density at radius 1 is 0.339 bits per heavy atom. The minimum atomic E-state index is 0.618. The zero-order valence-corrected chi connectivity index (χ0v) is 31.0. The summed E-state index contributed by atoms with van der Waals surface area (Å²) in [5, 5.41) is 5.11. The molecule has 0 fully saturated rings. The van der Waals surface area contributed by atoms with Gasteiger partial charge in [0.2, 0.25) is 0 Å². The van der Waals surface area contributed by atoms with E-state index >= 15 is 0 Å². The highest BCUT2D eigenvalue weighted by atomic mass is 32.1. The lowest BCUT2D eigenvalue weighted by atomic mass is 9.92. The number of fused-ring (bicyclic) bond motifs is 7. The summed E-state index contributed by atoms with van der Waals surface area (Å²) in [5.41, 5.74) is 10.6. The van der Waals surface area contributed by atoms with Crippen LogP contribution >= 0.6 is 11.3 Å². The van der Waals surface area contributed by atoms with Crippen molar-refractivity contribution < 1.29 is 0 Å². The molecule has 11 aromatic rings. The number of nitrogens with zero attached hydrogens (tertiary/aromatic N) is 4. The SMILES string of the molecule is c1ccc(-c2nc(-c3ccccc3)nc(-c3cc(-c4ccccc4)c(-n4c5ccccc5c5c6c(ccc54)sc4ccccc46)c(-c4ccccc4)c3)n2)cc1. The third-order valence-corrected chi connectivity index (χ3v) is 11.8. The molecule has 3 heterocycles. The molecule has 11 rings (SSSR count). The summed E-state index contributed by atoms with van der Waals surface area (Å²) >= 11 is 1.86. The maximum atomic E-state index is 5.19. The molecule has 4 nitrogen and oxygen atoms in total. The van der Waals surface area contributed by atoms with Crippen LogP contribution in [-0.2, 0) is 0 Å². The minimum Gasteiger partial charge on any atom is -0.308 e. The second-order valence-corrected chi connectivity index (χ2v) is 15.1. The number of aromatic nitrogens is 4. The van der Waals surface area contributed by atoms with Crippen molar-refractivity contribution in [3.8, 4) is 62.1 Å². The summed E-state index contributed by atoms with van der Waals surface area (Å²) in [6, 6.07) is 68.6. The molecule has 0 atom stereocenters. The van der Waals surface area contributed by atoms with Crippen molar-refractivity contribution in [3.05, 3.63) is 194 Å². The lowest BCUT2D eigenvalue weighted by Crippen LogP contribution is -2.04. The van der Waals surface area contributed by atoms with E-state index in [1.807, 2.05) is 47.7 Å². The van der Waals surface area contributed by atoms with Crippen LogP contribution in [0.5, 0.6) is 0 Å². The molecule has 5 heteroatoms. The van der Waals surface area contributed by atoms with Crippen LogP contribution in [0.25, 0.3) is 104 Å². The van der Waals surface area contributed by atoms with Gasteiger partial charge in [-0.1, -0.05) is 158 Å². The minimum absolute atomic E-state index is 0.618. The zero-order chi connectivity index (χ0) is 37.0. The van der Waals surface area contributed by atoms with Gasteiger partial charge < -0.3 is 4.57 Å². The van der Waals surface area contributed by atoms with Crippen LogP contribution in [0, 0.1) is 0 Å². The van der Waals surface area contributed by atoms with Gasteiger partial charge in [0.15, 0.2) is 17.5 Å². The number of benzene rings is 8. The van der Waals surface area contributed by atoms with Crippen LogP contribution in [0.2, 0.25) is 0 Å². The average Bonchev–Trinajstić information content (AvgIpc) is 3.82. The Labute approximate surface area is 327 Å². The van der Waals surface area contributed by atoms with Crippen LogP contribution in [0.4, 0.5) is 0 Å². The van der Waals surface area contributed by atoms with E-state index in [0.29, 0.717) is 17.5 Å². The molecule has 8 aromatic carbocycles. The third-order valence-electron chi connectivity index (χ3n) is 10.6. The second-order valence-electron chi connectivity index (χ2n) is 14.0. The van der Waals surface area contributed by atoms with Crippen LogP contribution in [0.3, 0.4) is 0 Å². The Kier molecular flexibility index (Phi) is 7.64. The third kappa shape index (κ3) is 5.32. The highest BCUT2D eigenvalue weighted by Gasteiger charge is 2.24. The maximum absolute atomic E-state index is 5.19. The van der Waals surface area contributed by atoms with E-state index in [1.165, 1.54) is 36.5 Å². The molecule has 0 aliphatic carbocycles. The van der Waals surface area contributed by atoms with Gasteiger partial charge in [-0.05, 0) is 47.5 Å². The van der Waals surface area contributed by atoms with Gasteiger partial charge in [0.1, 0.15) is 0 Å². The van der Waals surface area contributed by atoms with E-state index in [0.717, 1.165) is 50.1 Å². The molecule has 0 saturated carbocycles. The zero-order valence-electron chi connectivity index (χ0n) is 30.2. The van der Waals surface area contributed by atoms with Gasteiger partial charge in [0.05, 0.1) is 16.7 Å².